The summed E-state index contributed by atoms with van der Waals surface area (Å²) in [5.74, 6) is 1.86. The Labute approximate surface area is 228 Å². The molecule has 3 aromatic carbocycles. The van der Waals surface area contributed by atoms with Gasteiger partial charge in [0.25, 0.3) is 0 Å². The van der Waals surface area contributed by atoms with E-state index >= 15 is 0 Å². The van der Waals surface area contributed by atoms with Gasteiger partial charge < -0.3 is 14.6 Å². The minimum Gasteiger partial charge on any atom is -0.492 e. The molecule has 0 atom stereocenters. The highest BCUT2D eigenvalue weighted by Crippen LogP contribution is 2.24. The molecule has 0 saturated carbocycles. The summed E-state index contributed by atoms with van der Waals surface area (Å²) in [6, 6.07) is 23.4. The number of halogens is 2. The number of fused-ring (bicyclic) bond motifs is 1. The summed E-state index contributed by atoms with van der Waals surface area (Å²) in [5.41, 5.74) is 3.07. The third-order valence-electron chi connectivity index (χ3n) is 6.31. The standard InChI is InChI=1S/C30H33Cl2N3O2/c31-24-13-4-3-12-23(24)22-30(36)33-19-9-1-2-18-29-34-26-15-6-7-16-27(26)35(29)20-10-11-21-37-28-17-8-5-14-25(28)32/h3-8,12-17H,1-2,9-11,18-22H2,(H,33,36). The Balaban J connectivity index is 1.20. The second-order valence-electron chi connectivity index (χ2n) is 9.08. The highest BCUT2D eigenvalue weighted by Gasteiger charge is 2.11. The summed E-state index contributed by atoms with van der Waals surface area (Å²) in [7, 11) is 0. The Bertz CT molecular complexity index is 1300. The number of hydrogen-bond acceptors (Lipinski definition) is 3. The molecule has 0 fully saturated rings. The number of unbranched alkanes of at least 4 members (excludes halogenated alkanes) is 3. The third kappa shape index (κ3) is 7.98. The van der Waals surface area contributed by atoms with Crippen LogP contribution in [-0.4, -0.2) is 28.6 Å². The predicted molar refractivity (Wildman–Crippen MR) is 152 cm³/mol. The molecule has 194 valence electrons. The molecule has 0 bridgehead atoms. The van der Waals surface area contributed by atoms with Crippen molar-refractivity contribution >= 4 is 40.1 Å². The molecule has 0 aliphatic carbocycles. The van der Waals surface area contributed by atoms with Gasteiger partial charge in [0.2, 0.25) is 5.91 Å². The lowest BCUT2D eigenvalue weighted by atomic mass is 10.1. The fourth-order valence-corrected chi connectivity index (χ4v) is 4.76. The van der Waals surface area contributed by atoms with Gasteiger partial charge >= 0.3 is 0 Å². The quantitative estimate of drug-likeness (QED) is 0.172. The van der Waals surface area contributed by atoms with Crippen molar-refractivity contribution in [1.29, 1.82) is 0 Å². The van der Waals surface area contributed by atoms with Gasteiger partial charge in [-0.1, -0.05) is 72.1 Å². The summed E-state index contributed by atoms with van der Waals surface area (Å²) in [5, 5.41) is 4.28. The fraction of sp³-hybridized carbons (Fsp3) is 0.333. The van der Waals surface area contributed by atoms with Crippen molar-refractivity contribution in [3.05, 3.63) is 94.2 Å². The summed E-state index contributed by atoms with van der Waals surface area (Å²) >= 11 is 12.3. The number of nitrogens with one attached hydrogen (secondary N) is 1. The molecule has 5 nitrogen and oxygen atoms in total. The van der Waals surface area contributed by atoms with E-state index in [1.165, 1.54) is 5.52 Å². The average Bonchev–Trinajstić information content (AvgIpc) is 3.25. The number of carbonyl (C=O) groups excluding carboxylic acids is 1. The van der Waals surface area contributed by atoms with E-state index in [0.29, 0.717) is 29.6 Å². The maximum absolute atomic E-state index is 12.2. The van der Waals surface area contributed by atoms with E-state index in [0.717, 1.165) is 67.7 Å². The smallest absolute Gasteiger partial charge is 0.224 e. The Kier molecular flexibility index (Phi) is 10.3. The number of aryl methyl sites for hydroxylation is 2. The molecule has 0 spiro atoms. The van der Waals surface area contributed by atoms with Crippen molar-refractivity contribution < 1.29 is 9.53 Å². The number of carbonyl (C=O) groups is 1. The van der Waals surface area contributed by atoms with Crippen molar-refractivity contribution in [2.45, 2.75) is 51.5 Å². The molecule has 0 aliphatic rings. The highest BCUT2D eigenvalue weighted by atomic mass is 35.5. The molecule has 7 heteroatoms. The zero-order valence-electron chi connectivity index (χ0n) is 21.0. The van der Waals surface area contributed by atoms with Gasteiger partial charge in [-0.3, -0.25) is 4.79 Å². The maximum atomic E-state index is 12.2. The number of ether oxygens (including phenoxy) is 1. The van der Waals surface area contributed by atoms with E-state index in [4.69, 9.17) is 32.9 Å². The molecule has 4 aromatic rings. The van der Waals surface area contributed by atoms with Crippen molar-refractivity contribution in [3.8, 4) is 5.75 Å². The van der Waals surface area contributed by atoms with E-state index in [1.807, 2.05) is 54.6 Å². The number of imidazole rings is 1. The van der Waals surface area contributed by atoms with Gasteiger partial charge in [0.1, 0.15) is 11.6 Å². The zero-order valence-corrected chi connectivity index (χ0v) is 22.5. The van der Waals surface area contributed by atoms with Crippen LogP contribution >= 0.6 is 23.2 Å². The minimum absolute atomic E-state index is 0.00779. The van der Waals surface area contributed by atoms with Crippen LogP contribution in [0.2, 0.25) is 10.0 Å². The summed E-state index contributed by atoms with van der Waals surface area (Å²) in [4.78, 5) is 17.1. The Morgan fingerprint density at radius 1 is 0.838 bits per heavy atom. The molecule has 4 rings (SSSR count). The van der Waals surface area contributed by atoms with Crippen LogP contribution in [0.25, 0.3) is 11.0 Å². The third-order valence-corrected chi connectivity index (χ3v) is 6.99. The average molecular weight is 539 g/mol. The fourth-order valence-electron chi connectivity index (χ4n) is 4.37. The van der Waals surface area contributed by atoms with Crippen molar-refractivity contribution in [2.24, 2.45) is 0 Å². The van der Waals surface area contributed by atoms with Crippen LogP contribution < -0.4 is 10.1 Å². The first-order chi connectivity index (χ1) is 18.1. The van der Waals surface area contributed by atoms with Crippen LogP contribution in [0, 0.1) is 0 Å². The Hall–Kier alpha value is -3.02. The molecule has 37 heavy (non-hydrogen) atoms. The maximum Gasteiger partial charge on any atom is 0.224 e. The van der Waals surface area contributed by atoms with Crippen molar-refractivity contribution in [2.75, 3.05) is 13.2 Å². The zero-order chi connectivity index (χ0) is 25.9. The second-order valence-corrected chi connectivity index (χ2v) is 9.90. The summed E-state index contributed by atoms with van der Waals surface area (Å²) < 4.78 is 8.18. The number of nitrogens with zero attached hydrogens (tertiary/aromatic N) is 2. The van der Waals surface area contributed by atoms with Crippen molar-refractivity contribution in [1.82, 2.24) is 14.9 Å². The monoisotopic (exact) mass is 537 g/mol. The lowest BCUT2D eigenvalue weighted by Crippen LogP contribution is -2.26. The van der Waals surface area contributed by atoms with Gasteiger partial charge in [0.05, 0.1) is 29.1 Å². The van der Waals surface area contributed by atoms with Crippen LogP contribution in [0.4, 0.5) is 0 Å². The van der Waals surface area contributed by atoms with Crippen LogP contribution in [-0.2, 0) is 24.2 Å². The van der Waals surface area contributed by atoms with E-state index in [2.05, 4.69) is 28.1 Å². The molecule has 0 saturated heterocycles. The van der Waals surface area contributed by atoms with E-state index in [9.17, 15) is 4.79 Å². The number of amides is 1. The second kappa shape index (κ2) is 14.1. The first-order valence-corrected chi connectivity index (χ1v) is 13.7. The van der Waals surface area contributed by atoms with Crippen LogP contribution in [0.1, 0.15) is 43.5 Å². The molecule has 1 aromatic heterocycles. The molecule has 0 aliphatic heterocycles. The predicted octanol–water partition coefficient (Wildman–Crippen LogP) is 7.27. The molecular formula is C30H33Cl2N3O2. The molecular weight excluding hydrogens is 505 g/mol. The van der Waals surface area contributed by atoms with E-state index < -0.39 is 0 Å². The number of rotatable bonds is 14. The van der Waals surface area contributed by atoms with Gasteiger partial charge in [-0.05, 0) is 61.6 Å². The van der Waals surface area contributed by atoms with Crippen LogP contribution in [0.5, 0.6) is 5.75 Å². The number of hydrogen-bond donors (Lipinski definition) is 1. The van der Waals surface area contributed by atoms with Gasteiger partial charge in [-0.25, -0.2) is 4.98 Å². The van der Waals surface area contributed by atoms with Gasteiger partial charge in [-0.15, -0.1) is 0 Å². The van der Waals surface area contributed by atoms with Gasteiger partial charge in [0, 0.05) is 24.5 Å². The topological polar surface area (TPSA) is 56.2 Å². The largest absolute Gasteiger partial charge is 0.492 e. The van der Waals surface area contributed by atoms with E-state index in [1.54, 1.807) is 0 Å². The lowest BCUT2D eigenvalue weighted by molar-refractivity contribution is -0.120. The number of aromatic nitrogens is 2. The molecule has 1 heterocycles. The van der Waals surface area contributed by atoms with Crippen molar-refractivity contribution in [3.63, 3.8) is 0 Å². The van der Waals surface area contributed by atoms with Crippen LogP contribution in [0.3, 0.4) is 0 Å². The normalized spacial score (nSPS) is 11.1. The number of benzene rings is 3. The lowest BCUT2D eigenvalue weighted by Gasteiger charge is -2.11. The highest BCUT2D eigenvalue weighted by molar-refractivity contribution is 6.32. The Morgan fingerprint density at radius 3 is 2.43 bits per heavy atom. The molecule has 0 unspecified atom stereocenters. The molecule has 1 N–H and O–H groups in total. The first kappa shape index (κ1) is 27.0. The van der Waals surface area contributed by atoms with E-state index in [-0.39, 0.29) is 5.91 Å². The SMILES string of the molecule is O=C(Cc1ccccc1Cl)NCCCCCc1nc2ccccc2n1CCCCOc1ccccc1Cl. The summed E-state index contributed by atoms with van der Waals surface area (Å²) in [6.07, 6.45) is 6.15. The minimum atomic E-state index is 0.00779. The molecule has 1 amide bonds. The molecule has 0 radical (unpaired) electrons. The van der Waals surface area contributed by atoms with Gasteiger partial charge in [0.15, 0.2) is 0 Å². The van der Waals surface area contributed by atoms with Crippen LogP contribution in [0.15, 0.2) is 72.8 Å². The first-order valence-electron chi connectivity index (χ1n) is 12.9. The Morgan fingerprint density at radius 2 is 1.59 bits per heavy atom. The number of para-hydroxylation sites is 3. The summed E-state index contributed by atoms with van der Waals surface area (Å²) in [6.45, 7) is 2.21. The van der Waals surface area contributed by atoms with Gasteiger partial charge in [-0.2, -0.15) is 0 Å².